The van der Waals surface area contributed by atoms with Crippen LogP contribution in [0.3, 0.4) is 0 Å². The molecule has 0 saturated heterocycles. The summed E-state index contributed by atoms with van der Waals surface area (Å²) in [6, 6.07) is 9.50. The van der Waals surface area contributed by atoms with E-state index in [1.807, 2.05) is 6.07 Å². The SMILES string of the molecule is Nc1nc(Cn2cc(C(F)(F)F)cc(Cl)c2=O)nc(Nc2ccccc2)n1. The fourth-order valence-corrected chi connectivity index (χ4v) is 2.47. The van der Waals surface area contributed by atoms with Gasteiger partial charge in [-0.05, 0) is 18.2 Å². The number of nitrogens with two attached hydrogens (primary N) is 1. The Morgan fingerprint density at radius 2 is 1.85 bits per heavy atom. The minimum absolute atomic E-state index is 0.00146. The third-order valence-electron chi connectivity index (χ3n) is 3.41. The zero-order valence-corrected chi connectivity index (χ0v) is 14.3. The van der Waals surface area contributed by atoms with E-state index in [2.05, 4.69) is 20.3 Å². The Kier molecular flexibility index (Phi) is 5.00. The smallest absolute Gasteiger partial charge is 0.368 e. The Morgan fingerprint density at radius 3 is 2.52 bits per heavy atom. The second-order valence-corrected chi connectivity index (χ2v) is 5.84. The molecule has 1 aromatic carbocycles. The van der Waals surface area contributed by atoms with Gasteiger partial charge in [-0.15, -0.1) is 0 Å². The highest BCUT2D eigenvalue weighted by molar-refractivity contribution is 6.30. The number of anilines is 3. The van der Waals surface area contributed by atoms with E-state index in [1.165, 1.54) is 0 Å². The van der Waals surface area contributed by atoms with Crippen LogP contribution in [-0.4, -0.2) is 19.5 Å². The van der Waals surface area contributed by atoms with E-state index >= 15 is 0 Å². The number of halogens is 4. The Balaban J connectivity index is 1.94. The monoisotopic (exact) mass is 396 g/mol. The zero-order chi connectivity index (χ0) is 19.6. The number of hydrogen-bond acceptors (Lipinski definition) is 6. The number of rotatable bonds is 4. The maximum absolute atomic E-state index is 12.9. The normalized spacial score (nSPS) is 11.4. The van der Waals surface area contributed by atoms with Gasteiger partial charge in [-0.3, -0.25) is 4.79 Å². The van der Waals surface area contributed by atoms with Gasteiger partial charge in [-0.2, -0.15) is 28.1 Å². The summed E-state index contributed by atoms with van der Waals surface area (Å²) in [6.45, 7) is -0.362. The lowest BCUT2D eigenvalue weighted by atomic mass is 10.2. The van der Waals surface area contributed by atoms with E-state index < -0.39 is 22.3 Å². The van der Waals surface area contributed by atoms with Crippen LogP contribution in [0.5, 0.6) is 0 Å². The molecule has 3 N–H and O–H groups in total. The number of hydrogen-bond donors (Lipinski definition) is 2. The third-order valence-corrected chi connectivity index (χ3v) is 3.68. The minimum Gasteiger partial charge on any atom is -0.368 e. The first kappa shape index (κ1) is 18.6. The van der Waals surface area contributed by atoms with Crippen LogP contribution in [0.1, 0.15) is 11.4 Å². The second kappa shape index (κ2) is 7.23. The number of nitrogen functional groups attached to an aromatic ring is 1. The fourth-order valence-electron chi connectivity index (χ4n) is 2.24. The van der Waals surface area contributed by atoms with Crippen molar-refractivity contribution in [3.63, 3.8) is 0 Å². The van der Waals surface area contributed by atoms with Gasteiger partial charge in [0.05, 0.1) is 12.1 Å². The van der Waals surface area contributed by atoms with Crippen molar-refractivity contribution in [1.82, 2.24) is 19.5 Å². The molecule has 0 aliphatic heterocycles. The van der Waals surface area contributed by atoms with Crippen LogP contribution in [0.2, 0.25) is 5.02 Å². The Morgan fingerprint density at radius 1 is 1.15 bits per heavy atom. The van der Waals surface area contributed by atoms with Gasteiger partial charge in [0.1, 0.15) is 5.02 Å². The number of nitrogens with one attached hydrogen (secondary N) is 1. The number of alkyl halides is 3. The van der Waals surface area contributed by atoms with E-state index in [9.17, 15) is 18.0 Å². The van der Waals surface area contributed by atoms with Gasteiger partial charge in [0.25, 0.3) is 5.56 Å². The lowest BCUT2D eigenvalue weighted by Gasteiger charge is -2.12. The average Bonchev–Trinajstić information content (AvgIpc) is 2.58. The Bertz CT molecular complexity index is 1020. The summed E-state index contributed by atoms with van der Waals surface area (Å²) < 4.78 is 39.6. The molecular formula is C16H12ClF3N6O. The van der Waals surface area contributed by atoms with Crippen LogP contribution in [-0.2, 0) is 12.7 Å². The minimum atomic E-state index is -4.66. The van der Waals surface area contributed by atoms with E-state index in [4.69, 9.17) is 17.3 Å². The lowest BCUT2D eigenvalue weighted by Crippen LogP contribution is -2.24. The van der Waals surface area contributed by atoms with Crippen molar-refractivity contribution in [3.05, 3.63) is 69.4 Å². The van der Waals surface area contributed by atoms with E-state index in [0.717, 1.165) is 4.57 Å². The quantitative estimate of drug-likeness (QED) is 0.703. The fraction of sp³-hybridized carbons (Fsp3) is 0.125. The number of pyridine rings is 1. The molecule has 0 unspecified atom stereocenters. The third kappa shape index (κ3) is 4.53. The van der Waals surface area contributed by atoms with Crippen molar-refractivity contribution in [2.24, 2.45) is 0 Å². The van der Waals surface area contributed by atoms with Gasteiger partial charge in [0.2, 0.25) is 11.9 Å². The van der Waals surface area contributed by atoms with Crippen LogP contribution in [0.4, 0.5) is 30.8 Å². The van der Waals surface area contributed by atoms with Crippen molar-refractivity contribution in [2.45, 2.75) is 12.7 Å². The molecule has 0 amide bonds. The van der Waals surface area contributed by atoms with Crippen LogP contribution in [0.15, 0.2) is 47.4 Å². The standard InChI is InChI=1S/C16H12ClF3N6O/c17-11-6-9(16(18,19)20)7-26(13(11)27)8-12-23-14(21)25-15(24-12)22-10-4-2-1-3-5-10/h1-7H,8H2,(H3,21,22,23,24,25). The molecule has 2 aromatic heterocycles. The first-order valence-corrected chi connectivity index (χ1v) is 7.90. The molecule has 7 nitrogen and oxygen atoms in total. The largest absolute Gasteiger partial charge is 0.417 e. The van der Waals surface area contributed by atoms with Gasteiger partial charge in [-0.1, -0.05) is 29.8 Å². The molecule has 2 heterocycles. The molecule has 0 bridgehead atoms. The summed E-state index contributed by atoms with van der Waals surface area (Å²) in [5, 5.41) is 2.34. The predicted octanol–water partition coefficient (Wildman–Crippen LogP) is 3.08. The second-order valence-electron chi connectivity index (χ2n) is 5.43. The molecule has 0 atom stereocenters. The highest BCUT2D eigenvalue weighted by Crippen LogP contribution is 2.29. The molecule has 3 rings (SSSR count). The summed E-state index contributed by atoms with van der Waals surface area (Å²) in [5.74, 6) is -0.0576. The maximum Gasteiger partial charge on any atom is 0.417 e. The highest BCUT2D eigenvalue weighted by Gasteiger charge is 2.32. The number of benzene rings is 1. The molecule has 0 aliphatic rings. The lowest BCUT2D eigenvalue weighted by molar-refractivity contribution is -0.138. The number of nitrogens with zero attached hydrogens (tertiary/aromatic N) is 4. The number of para-hydroxylation sites is 1. The molecule has 0 aliphatic carbocycles. The average molecular weight is 397 g/mol. The van der Waals surface area contributed by atoms with E-state index in [0.29, 0.717) is 18.0 Å². The van der Waals surface area contributed by atoms with Crippen molar-refractivity contribution in [3.8, 4) is 0 Å². The summed E-state index contributed by atoms with van der Waals surface area (Å²) in [7, 11) is 0. The first-order valence-electron chi connectivity index (χ1n) is 7.52. The molecular weight excluding hydrogens is 385 g/mol. The van der Waals surface area contributed by atoms with Crippen LogP contribution < -0.4 is 16.6 Å². The van der Waals surface area contributed by atoms with E-state index in [-0.39, 0.29) is 24.3 Å². The van der Waals surface area contributed by atoms with Crippen molar-refractivity contribution in [2.75, 3.05) is 11.1 Å². The maximum atomic E-state index is 12.9. The Labute approximate surface area is 155 Å². The topological polar surface area (TPSA) is 98.7 Å². The van der Waals surface area contributed by atoms with Crippen molar-refractivity contribution < 1.29 is 13.2 Å². The van der Waals surface area contributed by atoms with Crippen molar-refractivity contribution in [1.29, 1.82) is 0 Å². The van der Waals surface area contributed by atoms with Crippen molar-refractivity contribution >= 4 is 29.2 Å². The summed E-state index contributed by atoms with van der Waals surface area (Å²) >= 11 is 5.64. The Hall–Kier alpha value is -3.14. The highest BCUT2D eigenvalue weighted by atomic mass is 35.5. The zero-order valence-electron chi connectivity index (χ0n) is 13.5. The van der Waals surface area contributed by atoms with Gasteiger partial charge in [0.15, 0.2) is 5.82 Å². The molecule has 140 valence electrons. The van der Waals surface area contributed by atoms with Crippen LogP contribution >= 0.6 is 11.6 Å². The molecule has 0 fully saturated rings. The molecule has 27 heavy (non-hydrogen) atoms. The number of aromatic nitrogens is 4. The van der Waals surface area contributed by atoms with E-state index in [1.54, 1.807) is 24.3 Å². The first-order chi connectivity index (χ1) is 12.7. The predicted molar refractivity (Wildman–Crippen MR) is 93.8 cm³/mol. The molecule has 11 heteroatoms. The summed E-state index contributed by atoms with van der Waals surface area (Å²) in [5.41, 5.74) is 4.45. The summed E-state index contributed by atoms with van der Waals surface area (Å²) in [6.07, 6.45) is -4.00. The molecule has 0 radical (unpaired) electrons. The molecule has 3 aromatic rings. The van der Waals surface area contributed by atoms with Gasteiger partial charge in [0, 0.05) is 11.9 Å². The van der Waals surface area contributed by atoms with Gasteiger partial charge < -0.3 is 15.6 Å². The molecule has 0 saturated carbocycles. The summed E-state index contributed by atoms with van der Waals surface area (Å²) in [4.78, 5) is 23.9. The van der Waals surface area contributed by atoms with Crippen LogP contribution in [0.25, 0.3) is 0 Å². The van der Waals surface area contributed by atoms with Gasteiger partial charge >= 0.3 is 6.18 Å². The van der Waals surface area contributed by atoms with Gasteiger partial charge in [-0.25, -0.2) is 0 Å². The van der Waals surface area contributed by atoms with Crippen LogP contribution in [0, 0.1) is 0 Å². The molecule has 0 spiro atoms.